The number of rotatable bonds is 2. The number of hydrogen-bond donors (Lipinski definition) is 1. The van der Waals surface area contributed by atoms with Gasteiger partial charge in [0.2, 0.25) is 0 Å². The molecule has 1 aromatic carbocycles. The van der Waals surface area contributed by atoms with Crippen molar-refractivity contribution in [1.29, 1.82) is 0 Å². The van der Waals surface area contributed by atoms with Crippen molar-refractivity contribution >= 4 is 30.1 Å². The van der Waals surface area contributed by atoms with Crippen LogP contribution in [-0.2, 0) is 0 Å². The average molecular weight is 267 g/mol. The third-order valence-corrected chi connectivity index (χ3v) is 2.71. The predicted octanol–water partition coefficient (Wildman–Crippen LogP) is 2.55. The predicted molar refractivity (Wildman–Crippen MR) is 58.6 cm³/mol. The van der Waals surface area contributed by atoms with Crippen molar-refractivity contribution in [2.75, 3.05) is 6.26 Å². The van der Waals surface area contributed by atoms with E-state index in [1.165, 1.54) is 17.8 Å². The summed E-state index contributed by atoms with van der Waals surface area (Å²) in [6, 6.07) is 2.93. The zero-order valence-corrected chi connectivity index (χ0v) is 9.73. The summed E-state index contributed by atoms with van der Waals surface area (Å²) in [6.07, 6.45) is 1.78. The summed E-state index contributed by atoms with van der Waals surface area (Å²) in [6.45, 7) is -1.92. The molecule has 1 N–H and O–H groups in total. The number of carbonyl (C=O) groups is 1. The maximum atomic E-state index is 12.8. The highest BCUT2D eigenvalue weighted by Crippen LogP contribution is 2.44. The normalized spacial score (nSPS) is 16.8. The minimum atomic E-state index is -1.92. The molecular weight excluding hydrogens is 259 g/mol. The van der Waals surface area contributed by atoms with Crippen LogP contribution in [0.3, 0.4) is 0 Å². The molecule has 0 fully saturated rings. The van der Waals surface area contributed by atoms with E-state index < -0.39 is 12.5 Å². The van der Waals surface area contributed by atoms with Gasteiger partial charge in [0.15, 0.2) is 11.5 Å². The van der Waals surface area contributed by atoms with Gasteiger partial charge in [-0.25, -0.2) is 4.79 Å². The first kappa shape index (κ1) is 12.9. The average Bonchev–Trinajstić information content (AvgIpc) is 2.56. The van der Waals surface area contributed by atoms with E-state index in [1.54, 1.807) is 12.3 Å². The Kier molecular flexibility index (Phi) is 3.88. The van der Waals surface area contributed by atoms with E-state index in [1.807, 2.05) is 0 Å². The molecule has 88 valence electrons. The Bertz CT molecular complexity index is 426. The molecule has 1 atom stereocenters. The fourth-order valence-electron chi connectivity index (χ4n) is 1.31. The third-order valence-electron chi connectivity index (χ3n) is 1.95. The molecule has 0 saturated carbocycles. The van der Waals surface area contributed by atoms with Crippen LogP contribution in [0.25, 0.3) is 0 Å². The smallest absolute Gasteiger partial charge is 0.397 e. The highest BCUT2D eigenvalue weighted by molar-refractivity contribution is 7.98. The van der Waals surface area contributed by atoms with Gasteiger partial charge in [0.25, 0.3) is 0 Å². The lowest BCUT2D eigenvalue weighted by atomic mass is 10.2. The van der Waals surface area contributed by atoms with Crippen LogP contribution >= 0.6 is 24.2 Å². The van der Waals surface area contributed by atoms with Gasteiger partial charge in [-0.1, -0.05) is 0 Å². The number of benzene rings is 1. The second-order valence-electron chi connectivity index (χ2n) is 2.79. The van der Waals surface area contributed by atoms with Gasteiger partial charge in [0.05, 0.1) is 4.90 Å². The molecule has 0 bridgehead atoms. The lowest BCUT2D eigenvalue weighted by molar-refractivity contribution is -0.0662. The quantitative estimate of drug-likeness (QED) is 0.834. The van der Waals surface area contributed by atoms with Gasteiger partial charge in [0.1, 0.15) is 5.56 Å². The topological polar surface area (TPSA) is 55.8 Å². The maximum Gasteiger partial charge on any atom is 0.397 e. The molecule has 0 aliphatic carbocycles. The molecule has 1 aromatic rings. The minimum absolute atomic E-state index is 0. The Morgan fingerprint density at radius 2 is 2.06 bits per heavy atom. The monoisotopic (exact) mass is 266 g/mol. The molecule has 7 heteroatoms. The van der Waals surface area contributed by atoms with Crippen LogP contribution in [0.4, 0.5) is 4.39 Å². The van der Waals surface area contributed by atoms with Crippen LogP contribution in [0.2, 0.25) is 0 Å². The highest BCUT2D eigenvalue weighted by Gasteiger charge is 2.31. The minimum Gasteiger partial charge on any atom is -0.478 e. The Labute approximate surface area is 101 Å². The van der Waals surface area contributed by atoms with E-state index >= 15 is 0 Å². The standard InChI is InChI=1S/C9H7FO4S.ClH/c1-15-5-3-2-4(8(11)12)6-7(5)14-9(10)13-6;/h2-3,9H,1H3,(H,11,12);1H. The van der Waals surface area contributed by atoms with Crippen LogP contribution < -0.4 is 9.47 Å². The first-order valence-electron chi connectivity index (χ1n) is 4.05. The zero-order valence-electron chi connectivity index (χ0n) is 8.10. The molecular formula is C9H8ClFO4S. The van der Waals surface area contributed by atoms with Crippen molar-refractivity contribution in [3.63, 3.8) is 0 Å². The molecule has 0 radical (unpaired) electrons. The Balaban J connectivity index is 0.00000128. The van der Waals surface area contributed by atoms with Gasteiger partial charge >= 0.3 is 12.5 Å². The number of alkyl halides is 1. The van der Waals surface area contributed by atoms with Crippen LogP contribution in [0.1, 0.15) is 10.4 Å². The van der Waals surface area contributed by atoms with Crippen LogP contribution in [-0.4, -0.2) is 23.9 Å². The van der Waals surface area contributed by atoms with E-state index in [0.717, 1.165) is 0 Å². The second kappa shape index (κ2) is 4.80. The van der Waals surface area contributed by atoms with Crippen molar-refractivity contribution in [3.8, 4) is 11.5 Å². The fourth-order valence-corrected chi connectivity index (χ4v) is 1.84. The van der Waals surface area contributed by atoms with Crippen LogP contribution in [0, 0.1) is 0 Å². The molecule has 1 unspecified atom stereocenters. The zero-order chi connectivity index (χ0) is 11.0. The molecule has 0 spiro atoms. The molecule has 0 amide bonds. The number of carboxylic acids is 1. The maximum absolute atomic E-state index is 12.8. The van der Waals surface area contributed by atoms with Gasteiger partial charge in [-0.05, 0) is 18.4 Å². The van der Waals surface area contributed by atoms with Gasteiger partial charge in [0, 0.05) is 0 Å². The number of carboxylic acid groups (broad SMARTS) is 1. The third kappa shape index (κ3) is 2.03. The summed E-state index contributed by atoms with van der Waals surface area (Å²) in [7, 11) is 0. The number of halogens is 2. The molecule has 4 nitrogen and oxygen atoms in total. The molecule has 1 aliphatic heterocycles. The van der Waals surface area contributed by atoms with Crippen LogP contribution in [0.5, 0.6) is 11.5 Å². The molecule has 0 aromatic heterocycles. The van der Waals surface area contributed by atoms with E-state index in [9.17, 15) is 9.18 Å². The Hall–Kier alpha value is -1.14. The second-order valence-corrected chi connectivity index (χ2v) is 3.64. The van der Waals surface area contributed by atoms with Crippen molar-refractivity contribution in [2.45, 2.75) is 11.4 Å². The summed E-state index contributed by atoms with van der Waals surface area (Å²) in [5, 5.41) is 8.83. The number of thioether (sulfide) groups is 1. The summed E-state index contributed by atoms with van der Waals surface area (Å²) in [5.41, 5.74) is -0.0945. The van der Waals surface area contributed by atoms with E-state index in [4.69, 9.17) is 9.84 Å². The molecule has 1 heterocycles. The number of aromatic carboxylic acids is 1. The summed E-state index contributed by atoms with van der Waals surface area (Å²) >= 11 is 1.33. The van der Waals surface area contributed by atoms with Gasteiger partial charge in [-0.2, -0.15) is 4.39 Å². The SMILES string of the molecule is CSc1ccc(C(=O)O)c2c1OC(F)O2.Cl. The van der Waals surface area contributed by atoms with Gasteiger partial charge in [-0.15, -0.1) is 24.2 Å². The van der Waals surface area contributed by atoms with E-state index in [2.05, 4.69) is 4.74 Å². The van der Waals surface area contributed by atoms with E-state index in [0.29, 0.717) is 4.90 Å². The molecule has 0 saturated heterocycles. The largest absolute Gasteiger partial charge is 0.478 e. The van der Waals surface area contributed by atoms with Crippen molar-refractivity contribution in [1.82, 2.24) is 0 Å². The number of fused-ring (bicyclic) bond motifs is 1. The Morgan fingerprint density at radius 3 is 2.62 bits per heavy atom. The van der Waals surface area contributed by atoms with Crippen molar-refractivity contribution in [2.24, 2.45) is 0 Å². The number of ether oxygens (including phenoxy) is 2. The first-order chi connectivity index (χ1) is 7.13. The summed E-state index contributed by atoms with van der Waals surface area (Å²) in [4.78, 5) is 11.5. The van der Waals surface area contributed by atoms with Gasteiger partial charge < -0.3 is 14.6 Å². The summed E-state index contributed by atoms with van der Waals surface area (Å²) < 4.78 is 22.2. The number of hydrogen-bond acceptors (Lipinski definition) is 4. The summed E-state index contributed by atoms with van der Waals surface area (Å²) in [5.74, 6) is -1.05. The molecule has 1 aliphatic rings. The fraction of sp³-hybridized carbons (Fsp3) is 0.222. The lowest BCUT2D eigenvalue weighted by Crippen LogP contribution is -2.10. The van der Waals surface area contributed by atoms with Crippen molar-refractivity contribution in [3.05, 3.63) is 17.7 Å². The lowest BCUT2D eigenvalue weighted by Gasteiger charge is -2.04. The first-order valence-corrected chi connectivity index (χ1v) is 5.27. The highest BCUT2D eigenvalue weighted by atomic mass is 35.5. The van der Waals surface area contributed by atoms with Gasteiger partial charge in [-0.3, -0.25) is 0 Å². The molecule has 16 heavy (non-hydrogen) atoms. The van der Waals surface area contributed by atoms with Crippen molar-refractivity contribution < 1.29 is 23.8 Å². The molecule has 2 rings (SSSR count). The van der Waals surface area contributed by atoms with E-state index in [-0.39, 0.29) is 29.5 Å². The van der Waals surface area contributed by atoms with Crippen LogP contribution in [0.15, 0.2) is 17.0 Å². The Morgan fingerprint density at radius 1 is 1.44 bits per heavy atom.